The molecule has 0 saturated carbocycles. The van der Waals surface area contributed by atoms with E-state index in [9.17, 15) is 9.59 Å². The lowest BCUT2D eigenvalue weighted by Gasteiger charge is -2.16. The summed E-state index contributed by atoms with van der Waals surface area (Å²) < 4.78 is 10.6. The molecule has 0 radical (unpaired) electrons. The molecule has 0 spiro atoms. The normalized spacial score (nSPS) is 11.7. The molecule has 2 aromatic heterocycles. The zero-order valence-corrected chi connectivity index (χ0v) is 17.3. The molecule has 0 bridgehead atoms. The molecule has 1 aromatic carbocycles. The van der Waals surface area contributed by atoms with Crippen LogP contribution in [0, 0.1) is 6.92 Å². The summed E-state index contributed by atoms with van der Waals surface area (Å²) in [5.41, 5.74) is 0.839. The van der Waals surface area contributed by atoms with Crippen LogP contribution in [0.5, 0.6) is 5.75 Å². The van der Waals surface area contributed by atoms with E-state index in [0.717, 1.165) is 10.4 Å². The van der Waals surface area contributed by atoms with Crippen molar-refractivity contribution < 1.29 is 18.8 Å². The first-order valence-corrected chi connectivity index (χ1v) is 10.1. The Hall–Kier alpha value is -2.91. The topological polar surface area (TPSA) is 106 Å². The fourth-order valence-corrected chi connectivity index (χ4v) is 3.27. The maximum Gasteiger partial charge on any atom is 0.316 e. The number of thiophene rings is 1. The quantitative estimate of drug-likeness (QED) is 0.528. The molecule has 0 aliphatic carbocycles. The molecule has 2 amide bonds. The van der Waals surface area contributed by atoms with Gasteiger partial charge in [-0.15, -0.1) is 11.3 Å². The Labute approximate surface area is 176 Å². The van der Waals surface area contributed by atoms with Crippen molar-refractivity contribution in [3.63, 3.8) is 0 Å². The second kappa shape index (κ2) is 9.53. The molecular weight excluding hydrogens is 416 g/mol. The van der Waals surface area contributed by atoms with Crippen LogP contribution in [0.2, 0.25) is 5.02 Å². The Bertz CT molecular complexity index is 990. The summed E-state index contributed by atoms with van der Waals surface area (Å²) in [6.07, 6.45) is -0.699. The highest BCUT2D eigenvalue weighted by molar-refractivity contribution is 7.13. The Morgan fingerprint density at radius 1 is 1.28 bits per heavy atom. The Balaban J connectivity index is 1.41. The van der Waals surface area contributed by atoms with Crippen molar-refractivity contribution in [3.05, 3.63) is 52.2 Å². The van der Waals surface area contributed by atoms with Crippen molar-refractivity contribution in [1.82, 2.24) is 20.8 Å². The van der Waals surface area contributed by atoms with E-state index in [-0.39, 0.29) is 24.9 Å². The molecule has 2 N–H and O–H groups in total. The zero-order chi connectivity index (χ0) is 20.8. The van der Waals surface area contributed by atoms with Gasteiger partial charge in [-0.2, -0.15) is 4.98 Å². The summed E-state index contributed by atoms with van der Waals surface area (Å²) in [5.74, 6) is 0.0156. The largest absolute Gasteiger partial charge is 0.481 e. The van der Waals surface area contributed by atoms with Crippen molar-refractivity contribution in [2.24, 2.45) is 0 Å². The number of halogens is 1. The summed E-state index contributed by atoms with van der Waals surface area (Å²) in [7, 11) is 0. The predicted octanol–water partition coefficient (Wildman–Crippen LogP) is 3.07. The van der Waals surface area contributed by atoms with E-state index in [1.165, 1.54) is 11.3 Å². The third-order valence-corrected chi connectivity index (χ3v) is 4.98. The molecule has 3 rings (SSSR count). The fraction of sp³-hybridized carbons (Fsp3) is 0.263. The van der Waals surface area contributed by atoms with Crippen LogP contribution >= 0.6 is 22.9 Å². The van der Waals surface area contributed by atoms with Gasteiger partial charge in [0.1, 0.15) is 5.75 Å². The molecule has 10 heteroatoms. The number of ether oxygens (including phenoxy) is 1. The molecule has 0 aliphatic heterocycles. The lowest BCUT2D eigenvalue weighted by molar-refractivity contribution is -0.127. The van der Waals surface area contributed by atoms with E-state index in [1.807, 2.05) is 24.4 Å². The van der Waals surface area contributed by atoms with Gasteiger partial charge >= 0.3 is 11.8 Å². The van der Waals surface area contributed by atoms with Crippen molar-refractivity contribution in [2.45, 2.75) is 20.0 Å². The highest BCUT2D eigenvalue weighted by atomic mass is 35.5. The van der Waals surface area contributed by atoms with Crippen molar-refractivity contribution in [2.75, 3.05) is 13.1 Å². The minimum atomic E-state index is -0.699. The van der Waals surface area contributed by atoms with Crippen LogP contribution in [-0.2, 0) is 4.79 Å². The van der Waals surface area contributed by atoms with Crippen molar-refractivity contribution in [3.8, 4) is 16.5 Å². The number of nitrogens with one attached hydrogen (secondary N) is 2. The average molecular weight is 435 g/mol. The van der Waals surface area contributed by atoms with Gasteiger partial charge in [-0.05, 0) is 49.1 Å². The van der Waals surface area contributed by atoms with Crippen LogP contribution in [0.1, 0.15) is 23.2 Å². The summed E-state index contributed by atoms with van der Waals surface area (Å²) >= 11 is 7.36. The number of hydrogen-bond acceptors (Lipinski definition) is 7. The maximum absolute atomic E-state index is 12.2. The van der Waals surface area contributed by atoms with Crippen LogP contribution in [-0.4, -0.2) is 41.1 Å². The third kappa shape index (κ3) is 5.55. The van der Waals surface area contributed by atoms with E-state index >= 15 is 0 Å². The predicted molar refractivity (Wildman–Crippen MR) is 109 cm³/mol. The number of rotatable bonds is 8. The van der Waals surface area contributed by atoms with E-state index in [0.29, 0.717) is 16.6 Å². The molecule has 8 nitrogen and oxygen atoms in total. The molecule has 2 heterocycles. The number of aromatic nitrogens is 2. The summed E-state index contributed by atoms with van der Waals surface area (Å²) in [6, 6.07) is 8.87. The van der Waals surface area contributed by atoms with Gasteiger partial charge in [0.25, 0.3) is 5.91 Å². The standard InChI is InChI=1S/C19H19ClN4O4S/c1-11-10-13(20)5-6-14(11)27-12(2)17(25)21-7-8-22-18(26)19-23-16(24-28-19)15-4-3-9-29-15/h3-6,9-10,12H,7-8H2,1-2H3,(H,21,25)(H,22,26)/t12-/m1/s1. The van der Waals surface area contributed by atoms with Crippen molar-refractivity contribution >= 4 is 34.8 Å². The molecule has 3 aromatic rings. The summed E-state index contributed by atoms with van der Waals surface area (Å²) in [5, 5.41) is 11.6. The van der Waals surface area contributed by atoms with E-state index in [2.05, 4.69) is 20.8 Å². The molecule has 152 valence electrons. The Morgan fingerprint density at radius 2 is 2.07 bits per heavy atom. The van der Waals surface area contributed by atoms with Crippen LogP contribution in [0.3, 0.4) is 0 Å². The van der Waals surface area contributed by atoms with Crippen LogP contribution in [0.25, 0.3) is 10.7 Å². The fourth-order valence-electron chi connectivity index (χ4n) is 2.39. The number of benzene rings is 1. The number of hydrogen-bond donors (Lipinski definition) is 2. The first kappa shape index (κ1) is 20.8. The van der Waals surface area contributed by atoms with Gasteiger partial charge in [-0.3, -0.25) is 9.59 Å². The number of nitrogens with zero attached hydrogens (tertiary/aromatic N) is 2. The number of carbonyl (C=O) groups excluding carboxylic acids is 2. The molecule has 0 saturated heterocycles. The van der Waals surface area contributed by atoms with Gasteiger partial charge in [0.15, 0.2) is 6.10 Å². The molecule has 0 aliphatic rings. The minimum Gasteiger partial charge on any atom is -0.481 e. The molecule has 29 heavy (non-hydrogen) atoms. The molecule has 1 atom stereocenters. The van der Waals surface area contributed by atoms with Crippen LogP contribution in [0.4, 0.5) is 0 Å². The SMILES string of the molecule is Cc1cc(Cl)ccc1O[C@H](C)C(=O)NCCNC(=O)c1nc(-c2cccs2)no1. The summed E-state index contributed by atoms with van der Waals surface area (Å²) in [4.78, 5) is 29.1. The first-order chi connectivity index (χ1) is 13.9. The van der Waals surface area contributed by atoms with Gasteiger partial charge in [0.05, 0.1) is 4.88 Å². The summed E-state index contributed by atoms with van der Waals surface area (Å²) in [6.45, 7) is 3.92. The Morgan fingerprint density at radius 3 is 2.79 bits per heavy atom. The maximum atomic E-state index is 12.2. The second-order valence-corrected chi connectivity index (χ2v) is 7.50. The first-order valence-electron chi connectivity index (χ1n) is 8.80. The van der Waals surface area contributed by atoms with Gasteiger partial charge < -0.3 is 19.9 Å². The second-order valence-electron chi connectivity index (χ2n) is 6.12. The zero-order valence-electron chi connectivity index (χ0n) is 15.8. The molecule has 0 fully saturated rings. The van der Waals surface area contributed by atoms with E-state index in [4.69, 9.17) is 20.9 Å². The van der Waals surface area contributed by atoms with E-state index in [1.54, 1.807) is 25.1 Å². The monoisotopic (exact) mass is 434 g/mol. The third-order valence-electron chi connectivity index (χ3n) is 3.88. The average Bonchev–Trinajstić information content (AvgIpc) is 3.38. The lowest BCUT2D eigenvalue weighted by Crippen LogP contribution is -2.40. The lowest BCUT2D eigenvalue weighted by atomic mass is 10.2. The van der Waals surface area contributed by atoms with Gasteiger partial charge in [-0.25, -0.2) is 0 Å². The van der Waals surface area contributed by atoms with Crippen molar-refractivity contribution in [1.29, 1.82) is 0 Å². The minimum absolute atomic E-state index is 0.130. The van der Waals surface area contributed by atoms with Gasteiger partial charge in [0, 0.05) is 18.1 Å². The molecule has 0 unspecified atom stereocenters. The number of carbonyl (C=O) groups is 2. The Kier molecular flexibility index (Phi) is 6.84. The highest BCUT2D eigenvalue weighted by Crippen LogP contribution is 2.23. The molecular formula is C19H19ClN4O4S. The smallest absolute Gasteiger partial charge is 0.316 e. The number of aryl methyl sites for hydroxylation is 1. The highest BCUT2D eigenvalue weighted by Gasteiger charge is 2.18. The van der Waals surface area contributed by atoms with E-state index < -0.39 is 12.0 Å². The van der Waals surface area contributed by atoms with Gasteiger partial charge in [0.2, 0.25) is 5.82 Å². The van der Waals surface area contributed by atoms with Crippen LogP contribution < -0.4 is 15.4 Å². The number of amides is 2. The van der Waals surface area contributed by atoms with Crippen LogP contribution in [0.15, 0.2) is 40.2 Å². The van der Waals surface area contributed by atoms with Gasteiger partial charge in [-0.1, -0.05) is 22.8 Å².